The molecular weight excluding hydrogens is 508 g/mol. The Morgan fingerprint density at radius 1 is 0.923 bits per heavy atom. The van der Waals surface area contributed by atoms with Gasteiger partial charge in [-0.3, -0.25) is 4.99 Å². The summed E-state index contributed by atoms with van der Waals surface area (Å²) in [5, 5.41) is 22.7. The zero-order valence-electron chi connectivity index (χ0n) is 13.3. The zero-order valence-corrected chi connectivity index (χ0v) is 15.7. The number of fused-ring (bicyclic) bond motifs is 1. The molecule has 0 aliphatic heterocycles. The van der Waals surface area contributed by atoms with Crippen LogP contribution in [0.5, 0.6) is 5.75 Å². The van der Waals surface area contributed by atoms with E-state index in [2.05, 4.69) is 24.4 Å². The van der Waals surface area contributed by atoms with Crippen LogP contribution in [0.4, 0.5) is 5.69 Å². The third-order valence-electron chi connectivity index (χ3n) is 3.27. The maximum atomic E-state index is 12.0. The van der Waals surface area contributed by atoms with E-state index in [4.69, 9.17) is 14.6 Å². The topological polar surface area (TPSA) is 99.0 Å². The summed E-state index contributed by atoms with van der Waals surface area (Å²) in [6.07, 6.45) is 1.59. The molecule has 0 atom stereocenters. The van der Waals surface area contributed by atoms with Gasteiger partial charge in [0.1, 0.15) is 0 Å². The van der Waals surface area contributed by atoms with Crippen LogP contribution in [0.3, 0.4) is 0 Å². The van der Waals surface area contributed by atoms with Crippen LogP contribution in [0.2, 0.25) is 0 Å². The molecule has 0 aliphatic rings. The summed E-state index contributed by atoms with van der Waals surface area (Å²) in [7, 11) is 0. The standard InChI is InChI=1S/C18H12N2O.2CO.Ir/c19-11-13-5-8-15(9-6-13)20-12-17-16-4-2-1-3-14(16)7-10-18(17)21;2*1-2;/h1-10,12,21H;;;/p-1. The molecule has 3 aromatic rings. The molecule has 0 bridgehead atoms. The van der Waals surface area contributed by atoms with E-state index in [9.17, 15) is 5.11 Å². The van der Waals surface area contributed by atoms with Crippen molar-refractivity contribution < 1.29 is 34.5 Å². The molecule has 0 fully saturated rings. The summed E-state index contributed by atoms with van der Waals surface area (Å²) in [6.45, 7) is 9.00. The van der Waals surface area contributed by atoms with Gasteiger partial charge in [0, 0.05) is 26.3 Å². The van der Waals surface area contributed by atoms with Gasteiger partial charge in [-0.25, -0.2) is 0 Å². The van der Waals surface area contributed by atoms with Crippen LogP contribution in [0.25, 0.3) is 10.8 Å². The van der Waals surface area contributed by atoms with Crippen LogP contribution < -0.4 is 5.11 Å². The summed E-state index contributed by atoms with van der Waals surface area (Å²) in [5.41, 5.74) is 1.88. The first kappa shape index (κ1) is 23.0. The minimum absolute atomic E-state index is 0. The quantitative estimate of drug-likeness (QED) is 0.294. The van der Waals surface area contributed by atoms with Gasteiger partial charge in [-0.05, 0) is 40.6 Å². The van der Waals surface area contributed by atoms with Crippen molar-refractivity contribution in [2.45, 2.75) is 0 Å². The number of benzene rings is 3. The van der Waals surface area contributed by atoms with Crippen LogP contribution >= 0.6 is 0 Å². The maximum Gasteiger partial charge on any atom is 0 e. The summed E-state index contributed by atoms with van der Waals surface area (Å²) >= 11 is 0. The van der Waals surface area contributed by atoms with Gasteiger partial charge in [0.25, 0.3) is 0 Å². The minimum Gasteiger partial charge on any atom is 0 e. The van der Waals surface area contributed by atoms with Gasteiger partial charge in [0.05, 0.1) is 17.3 Å². The normalized spacial score (nSPS) is 8.88. The Kier molecular flexibility index (Phi) is 11.0. The summed E-state index contributed by atoms with van der Waals surface area (Å²) in [6, 6.07) is 20.1. The molecular formula is C20H11IrN2O3-. The van der Waals surface area contributed by atoms with Crippen molar-refractivity contribution in [3.05, 3.63) is 85.1 Å². The molecule has 0 heterocycles. The average Bonchev–Trinajstić information content (AvgIpc) is 2.71. The first-order valence-corrected chi connectivity index (χ1v) is 6.92. The molecule has 0 aromatic heterocycles. The van der Waals surface area contributed by atoms with Crippen molar-refractivity contribution in [3.8, 4) is 11.8 Å². The van der Waals surface area contributed by atoms with Crippen molar-refractivity contribution in [3.63, 3.8) is 0 Å². The van der Waals surface area contributed by atoms with Crippen LogP contribution in [0, 0.1) is 24.6 Å². The third kappa shape index (κ3) is 5.82. The molecule has 5 nitrogen and oxygen atoms in total. The number of nitrogens with zero attached hydrogens (tertiary/aromatic N) is 2. The van der Waals surface area contributed by atoms with Crippen molar-refractivity contribution in [1.29, 1.82) is 5.26 Å². The molecule has 0 saturated heterocycles. The van der Waals surface area contributed by atoms with Crippen molar-refractivity contribution in [2.75, 3.05) is 0 Å². The number of aliphatic imine (C=N–C) groups is 1. The second-order valence-electron chi connectivity index (χ2n) is 4.62. The fourth-order valence-electron chi connectivity index (χ4n) is 2.17. The fraction of sp³-hybridized carbons (Fsp3) is 0. The molecule has 6 heteroatoms. The Hall–Kier alpha value is -2.99. The van der Waals surface area contributed by atoms with Crippen molar-refractivity contribution in [1.82, 2.24) is 0 Å². The van der Waals surface area contributed by atoms with Gasteiger partial charge in [0.15, 0.2) is 0 Å². The first-order chi connectivity index (χ1) is 12.3. The predicted molar refractivity (Wildman–Crippen MR) is 89.7 cm³/mol. The zero-order chi connectivity index (χ0) is 18.7. The molecule has 26 heavy (non-hydrogen) atoms. The van der Waals surface area contributed by atoms with E-state index in [0.29, 0.717) is 16.8 Å². The minimum atomic E-state index is -0.0499. The largest absolute Gasteiger partial charge is 0 e. The monoisotopic (exact) mass is 520 g/mol. The first-order valence-electron chi connectivity index (χ1n) is 6.92. The van der Waals surface area contributed by atoms with Gasteiger partial charge < -0.3 is 5.11 Å². The van der Waals surface area contributed by atoms with E-state index >= 15 is 0 Å². The molecule has 0 N–H and O–H groups in total. The fourth-order valence-corrected chi connectivity index (χ4v) is 2.17. The SMILES string of the molecule is N#Cc1ccc(N=Cc2c([O-])ccc3ccccc23)cc1.[C-]#[O+].[C-]#[O+].[Ir]. The van der Waals surface area contributed by atoms with E-state index in [1.54, 1.807) is 36.5 Å². The molecule has 0 saturated carbocycles. The molecule has 129 valence electrons. The molecule has 3 rings (SSSR count). The van der Waals surface area contributed by atoms with Crippen LogP contribution in [-0.4, -0.2) is 6.21 Å². The van der Waals surface area contributed by atoms with E-state index in [1.807, 2.05) is 30.3 Å². The smallest absolute Gasteiger partial charge is 0 e. The van der Waals surface area contributed by atoms with Gasteiger partial charge in [-0.2, -0.15) is 5.26 Å². The second-order valence-corrected chi connectivity index (χ2v) is 4.62. The number of nitriles is 1. The molecule has 0 aliphatic carbocycles. The van der Waals surface area contributed by atoms with Gasteiger partial charge in [-0.15, -0.1) is 0 Å². The summed E-state index contributed by atoms with van der Waals surface area (Å²) < 4.78 is 15.0. The molecule has 0 unspecified atom stereocenters. The Labute approximate surface area is 164 Å². The average molecular weight is 520 g/mol. The van der Waals surface area contributed by atoms with Crippen molar-refractivity contribution >= 4 is 22.7 Å². The summed E-state index contributed by atoms with van der Waals surface area (Å²) in [5.74, 6) is -0.0499. The third-order valence-corrected chi connectivity index (χ3v) is 3.27. The van der Waals surface area contributed by atoms with E-state index < -0.39 is 0 Å². The van der Waals surface area contributed by atoms with E-state index in [-0.39, 0.29) is 25.9 Å². The van der Waals surface area contributed by atoms with Gasteiger partial charge in [0.2, 0.25) is 0 Å². The number of hydrogen-bond acceptors (Lipinski definition) is 3. The Morgan fingerprint density at radius 2 is 1.54 bits per heavy atom. The number of rotatable bonds is 2. The Balaban J connectivity index is 0.00000117. The predicted octanol–water partition coefficient (Wildman–Crippen LogP) is 3.46. The van der Waals surface area contributed by atoms with E-state index in [1.165, 1.54) is 0 Å². The van der Waals surface area contributed by atoms with Gasteiger partial charge in [-0.1, -0.05) is 42.1 Å². The maximum absolute atomic E-state index is 12.0. The van der Waals surface area contributed by atoms with Gasteiger partial charge >= 0.3 is 22.6 Å². The van der Waals surface area contributed by atoms with Crippen LogP contribution in [0.1, 0.15) is 11.1 Å². The Bertz CT molecular complexity index is 949. The molecule has 3 aromatic carbocycles. The summed E-state index contributed by atoms with van der Waals surface area (Å²) in [4.78, 5) is 4.33. The van der Waals surface area contributed by atoms with Crippen molar-refractivity contribution in [2.24, 2.45) is 4.99 Å². The molecule has 0 spiro atoms. The number of hydrogen-bond donors (Lipinski definition) is 0. The van der Waals surface area contributed by atoms with Crippen LogP contribution in [0.15, 0.2) is 65.7 Å². The Morgan fingerprint density at radius 3 is 2.15 bits per heavy atom. The second kappa shape index (κ2) is 12.4. The molecule has 0 amide bonds. The molecule has 1 radical (unpaired) electrons. The van der Waals surface area contributed by atoms with E-state index in [0.717, 1.165) is 10.8 Å². The van der Waals surface area contributed by atoms with Crippen LogP contribution in [-0.2, 0) is 29.4 Å².